The number of rotatable bonds is 4. The van der Waals surface area contributed by atoms with Gasteiger partial charge in [-0.25, -0.2) is 4.98 Å². The van der Waals surface area contributed by atoms with E-state index in [1.165, 1.54) is 0 Å². The third-order valence-corrected chi connectivity index (χ3v) is 4.99. The van der Waals surface area contributed by atoms with Crippen LogP contribution in [0.15, 0.2) is 41.0 Å². The van der Waals surface area contributed by atoms with Gasteiger partial charge in [0.15, 0.2) is 0 Å². The fraction of sp³-hybridized carbons (Fsp3) is 0.312. The fourth-order valence-corrected chi connectivity index (χ4v) is 3.13. The Morgan fingerprint density at radius 3 is 3.05 bits per heavy atom. The van der Waals surface area contributed by atoms with Gasteiger partial charge in [0.2, 0.25) is 0 Å². The van der Waals surface area contributed by atoms with E-state index in [0.717, 1.165) is 47.6 Å². The molecule has 2 N–H and O–H groups in total. The average molecular weight is 383 g/mol. The molecule has 3 rings (SSSR count). The molecule has 1 fully saturated rings. The quantitative estimate of drug-likeness (QED) is 0.844. The standard InChI is InChI=1S/C16H17BrClN3O/c17-13-2-1-3-14(16(13)18)20-15-8-11(4-6-19-15)9-21-7-5-12(22)10-21/h1-4,6,8,12,22H,5,7,9-10H2,(H,19,20). The molecule has 6 heteroatoms. The van der Waals surface area contributed by atoms with Gasteiger partial charge < -0.3 is 10.4 Å². The smallest absolute Gasteiger partial charge is 0.130 e. The Balaban J connectivity index is 1.72. The SMILES string of the molecule is OC1CCN(Cc2ccnc(Nc3cccc(Br)c3Cl)c2)C1. The van der Waals surface area contributed by atoms with E-state index in [9.17, 15) is 5.11 Å². The van der Waals surface area contributed by atoms with Gasteiger partial charge in [0.25, 0.3) is 0 Å². The lowest BCUT2D eigenvalue weighted by Crippen LogP contribution is -2.21. The predicted octanol–water partition coefficient (Wildman–Crippen LogP) is 3.81. The number of aliphatic hydroxyl groups is 1. The number of nitrogens with zero attached hydrogens (tertiary/aromatic N) is 2. The zero-order chi connectivity index (χ0) is 15.5. The molecule has 0 aliphatic carbocycles. The second-order valence-corrected chi connectivity index (χ2v) is 6.69. The molecule has 1 aliphatic heterocycles. The highest BCUT2D eigenvalue weighted by Crippen LogP contribution is 2.31. The summed E-state index contributed by atoms with van der Waals surface area (Å²) in [7, 11) is 0. The molecule has 0 radical (unpaired) electrons. The number of halogens is 2. The number of nitrogens with one attached hydrogen (secondary N) is 1. The number of aromatic nitrogens is 1. The van der Waals surface area contributed by atoms with Crippen molar-refractivity contribution >= 4 is 39.0 Å². The lowest BCUT2D eigenvalue weighted by atomic mass is 10.2. The molecule has 0 amide bonds. The van der Waals surface area contributed by atoms with Crippen LogP contribution in [0, 0.1) is 0 Å². The monoisotopic (exact) mass is 381 g/mol. The maximum Gasteiger partial charge on any atom is 0.130 e. The summed E-state index contributed by atoms with van der Waals surface area (Å²) in [5, 5.41) is 13.5. The van der Waals surface area contributed by atoms with Crippen molar-refractivity contribution < 1.29 is 5.11 Å². The maximum absolute atomic E-state index is 9.60. The second-order valence-electron chi connectivity index (χ2n) is 5.45. The molecule has 1 aromatic heterocycles. The van der Waals surface area contributed by atoms with Crippen LogP contribution in [0.4, 0.5) is 11.5 Å². The van der Waals surface area contributed by atoms with Gasteiger partial charge in [0.05, 0.1) is 16.8 Å². The molecule has 0 bridgehead atoms. The first-order chi connectivity index (χ1) is 10.6. The van der Waals surface area contributed by atoms with E-state index < -0.39 is 0 Å². The summed E-state index contributed by atoms with van der Waals surface area (Å²) in [5.74, 6) is 0.761. The molecule has 1 aromatic carbocycles. The number of hydrogen-bond donors (Lipinski definition) is 2. The van der Waals surface area contributed by atoms with Gasteiger partial charge in [-0.15, -0.1) is 0 Å². The van der Waals surface area contributed by atoms with Gasteiger partial charge in [-0.2, -0.15) is 0 Å². The Morgan fingerprint density at radius 1 is 1.41 bits per heavy atom. The normalized spacial score (nSPS) is 18.6. The Kier molecular flexibility index (Phi) is 4.98. The summed E-state index contributed by atoms with van der Waals surface area (Å²) in [6.45, 7) is 2.49. The second kappa shape index (κ2) is 6.96. The van der Waals surface area contributed by atoms with E-state index >= 15 is 0 Å². The average Bonchev–Trinajstić information content (AvgIpc) is 2.89. The van der Waals surface area contributed by atoms with Crippen molar-refractivity contribution in [1.29, 1.82) is 0 Å². The van der Waals surface area contributed by atoms with Crippen LogP contribution in [0.25, 0.3) is 0 Å². The van der Waals surface area contributed by atoms with Crippen LogP contribution < -0.4 is 5.32 Å². The van der Waals surface area contributed by atoms with Crippen LogP contribution in [-0.4, -0.2) is 34.2 Å². The van der Waals surface area contributed by atoms with Crippen molar-refractivity contribution in [2.24, 2.45) is 0 Å². The largest absolute Gasteiger partial charge is 0.392 e. The summed E-state index contributed by atoms with van der Waals surface area (Å²) in [6.07, 6.45) is 2.44. The summed E-state index contributed by atoms with van der Waals surface area (Å²) in [6, 6.07) is 9.75. The molecule has 116 valence electrons. The van der Waals surface area contributed by atoms with Gasteiger partial charge >= 0.3 is 0 Å². The minimum atomic E-state index is -0.195. The topological polar surface area (TPSA) is 48.4 Å². The Bertz CT molecular complexity index is 668. The zero-order valence-electron chi connectivity index (χ0n) is 12.0. The molecule has 1 atom stereocenters. The number of likely N-dealkylation sites (tertiary alicyclic amines) is 1. The van der Waals surface area contributed by atoms with Crippen molar-refractivity contribution in [2.75, 3.05) is 18.4 Å². The minimum absolute atomic E-state index is 0.195. The Morgan fingerprint density at radius 2 is 2.27 bits per heavy atom. The van der Waals surface area contributed by atoms with E-state index in [0.29, 0.717) is 5.02 Å². The molecular weight excluding hydrogens is 366 g/mol. The first-order valence-corrected chi connectivity index (χ1v) is 8.35. The van der Waals surface area contributed by atoms with Gasteiger partial charge in [0, 0.05) is 30.3 Å². The molecule has 0 saturated carbocycles. The number of benzene rings is 1. The summed E-state index contributed by atoms with van der Waals surface area (Å²) in [4.78, 5) is 6.59. The van der Waals surface area contributed by atoms with E-state index in [-0.39, 0.29) is 6.10 Å². The highest BCUT2D eigenvalue weighted by molar-refractivity contribution is 9.10. The summed E-state index contributed by atoms with van der Waals surface area (Å²) in [5.41, 5.74) is 1.98. The number of aliphatic hydroxyl groups excluding tert-OH is 1. The number of pyridine rings is 1. The van der Waals surface area contributed by atoms with E-state index in [4.69, 9.17) is 11.6 Å². The lowest BCUT2D eigenvalue weighted by Gasteiger charge is -2.15. The first kappa shape index (κ1) is 15.7. The van der Waals surface area contributed by atoms with Crippen LogP contribution in [-0.2, 0) is 6.54 Å². The van der Waals surface area contributed by atoms with Crippen molar-refractivity contribution in [3.63, 3.8) is 0 Å². The van der Waals surface area contributed by atoms with Crippen LogP contribution in [0.5, 0.6) is 0 Å². The third-order valence-electron chi connectivity index (χ3n) is 3.69. The molecule has 1 aliphatic rings. The molecule has 4 nitrogen and oxygen atoms in total. The third kappa shape index (κ3) is 3.79. The lowest BCUT2D eigenvalue weighted by molar-refractivity contribution is 0.175. The Hall–Kier alpha value is -1.14. The summed E-state index contributed by atoms with van der Waals surface area (Å²) < 4.78 is 0.848. The molecule has 1 unspecified atom stereocenters. The van der Waals surface area contributed by atoms with Crippen molar-refractivity contribution in [2.45, 2.75) is 19.1 Å². The first-order valence-electron chi connectivity index (χ1n) is 7.18. The van der Waals surface area contributed by atoms with Crippen LogP contribution in [0.1, 0.15) is 12.0 Å². The number of hydrogen-bond acceptors (Lipinski definition) is 4. The maximum atomic E-state index is 9.60. The fourth-order valence-electron chi connectivity index (χ4n) is 2.59. The van der Waals surface area contributed by atoms with Crippen molar-refractivity contribution in [1.82, 2.24) is 9.88 Å². The van der Waals surface area contributed by atoms with E-state index in [2.05, 4.69) is 31.1 Å². The van der Waals surface area contributed by atoms with Crippen LogP contribution in [0.3, 0.4) is 0 Å². The van der Waals surface area contributed by atoms with Crippen molar-refractivity contribution in [3.8, 4) is 0 Å². The van der Waals surface area contributed by atoms with Gasteiger partial charge in [-0.1, -0.05) is 17.7 Å². The molecule has 0 spiro atoms. The summed E-state index contributed by atoms with van der Waals surface area (Å²) >= 11 is 9.68. The van der Waals surface area contributed by atoms with Gasteiger partial charge in [-0.05, 0) is 52.2 Å². The zero-order valence-corrected chi connectivity index (χ0v) is 14.3. The molecule has 1 saturated heterocycles. The molecular formula is C16H17BrClN3O. The van der Waals surface area contributed by atoms with E-state index in [1.54, 1.807) is 6.20 Å². The highest BCUT2D eigenvalue weighted by Gasteiger charge is 2.20. The molecule has 22 heavy (non-hydrogen) atoms. The van der Waals surface area contributed by atoms with Crippen molar-refractivity contribution in [3.05, 3.63) is 51.6 Å². The van der Waals surface area contributed by atoms with Crippen LogP contribution in [0.2, 0.25) is 5.02 Å². The number of anilines is 2. The predicted molar refractivity (Wildman–Crippen MR) is 92.6 cm³/mol. The molecule has 2 heterocycles. The Labute approximate surface area is 143 Å². The van der Waals surface area contributed by atoms with E-state index in [1.807, 2.05) is 30.3 Å². The van der Waals surface area contributed by atoms with Crippen LogP contribution >= 0.6 is 27.5 Å². The highest BCUT2D eigenvalue weighted by atomic mass is 79.9. The van der Waals surface area contributed by atoms with Gasteiger partial charge in [0.1, 0.15) is 5.82 Å². The molecule has 2 aromatic rings. The van der Waals surface area contributed by atoms with Gasteiger partial charge in [-0.3, -0.25) is 4.90 Å². The number of β-amino-alcohol motifs (C(OH)–C–C–N with tert-alkyl or cyclic N) is 1. The minimum Gasteiger partial charge on any atom is -0.392 e.